The molecule has 3 N–H and O–H groups in total. The number of carbonyl (C=O) groups is 2. The lowest BCUT2D eigenvalue weighted by molar-refractivity contribution is -0.121. The Morgan fingerprint density at radius 3 is 2.41 bits per heavy atom. The standard InChI is InChI=1S/C16H24N2O4/c1-16(2,3)22-15(21)17-10-14(20)18-13(11-19)9-12-7-5-4-6-8-12/h4-8,13,19H,9-11H2,1-3H3,(H,17,21)(H,18,20)/t13-/m0/s1. The van der Waals surface area contributed by atoms with E-state index in [9.17, 15) is 14.7 Å². The van der Waals surface area contributed by atoms with E-state index in [4.69, 9.17) is 4.74 Å². The number of amides is 2. The lowest BCUT2D eigenvalue weighted by atomic mass is 10.1. The van der Waals surface area contributed by atoms with Gasteiger partial charge in [-0.3, -0.25) is 4.79 Å². The normalized spacial score (nSPS) is 12.4. The molecule has 2 amide bonds. The minimum Gasteiger partial charge on any atom is -0.444 e. The molecule has 0 aromatic heterocycles. The molecule has 1 rings (SSSR count). The van der Waals surface area contributed by atoms with Crippen LogP contribution in [0.1, 0.15) is 26.3 Å². The summed E-state index contributed by atoms with van der Waals surface area (Å²) in [7, 11) is 0. The van der Waals surface area contributed by atoms with Crippen molar-refractivity contribution in [2.75, 3.05) is 13.2 Å². The fourth-order valence-electron chi connectivity index (χ4n) is 1.81. The van der Waals surface area contributed by atoms with Crippen molar-refractivity contribution in [3.63, 3.8) is 0 Å². The number of nitrogens with one attached hydrogen (secondary N) is 2. The van der Waals surface area contributed by atoms with Crippen LogP contribution in [-0.2, 0) is 16.0 Å². The van der Waals surface area contributed by atoms with Crippen molar-refractivity contribution >= 4 is 12.0 Å². The van der Waals surface area contributed by atoms with E-state index in [-0.39, 0.29) is 19.1 Å². The Labute approximate surface area is 130 Å². The highest BCUT2D eigenvalue weighted by atomic mass is 16.6. The Hall–Kier alpha value is -2.08. The molecule has 122 valence electrons. The van der Waals surface area contributed by atoms with Gasteiger partial charge in [-0.1, -0.05) is 30.3 Å². The summed E-state index contributed by atoms with van der Waals surface area (Å²) in [6.07, 6.45) is -0.124. The number of aliphatic hydroxyl groups excluding tert-OH is 1. The summed E-state index contributed by atoms with van der Waals surface area (Å²) >= 11 is 0. The second-order valence-corrected chi connectivity index (χ2v) is 5.99. The first kappa shape index (κ1) is 18.0. The van der Waals surface area contributed by atoms with Crippen molar-refractivity contribution < 1.29 is 19.4 Å². The highest BCUT2D eigenvalue weighted by Gasteiger charge is 2.17. The van der Waals surface area contributed by atoms with Gasteiger partial charge in [-0.15, -0.1) is 0 Å². The molecular weight excluding hydrogens is 284 g/mol. The number of ether oxygens (including phenoxy) is 1. The molecule has 0 aliphatic carbocycles. The van der Waals surface area contributed by atoms with Crippen LogP contribution in [0.3, 0.4) is 0 Å². The molecule has 0 bridgehead atoms. The maximum absolute atomic E-state index is 11.8. The van der Waals surface area contributed by atoms with Crippen LogP contribution in [0.25, 0.3) is 0 Å². The Morgan fingerprint density at radius 1 is 1.23 bits per heavy atom. The Kier molecular flexibility index (Phi) is 6.85. The fourth-order valence-corrected chi connectivity index (χ4v) is 1.81. The summed E-state index contributed by atoms with van der Waals surface area (Å²) < 4.78 is 5.04. The number of aliphatic hydroxyl groups is 1. The maximum atomic E-state index is 11.8. The third-order valence-corrected chi connectivity index (χ3v) is 2.70. The molecule has 22 heavy (non-hydrogen) atoms. The topological polar surface area (TPSA) is 87.7 Å². The fraction of sp³-hybridized carbons (Fsp3) is 0.500. The number of benzene rings is 1. The Balaban J connectivity index is 2.37. The number of alkyl carbamates (subject to hydrolysis) is 1. The second kappa shape index (κ2) is 8.38. The highest BCUT2D eigenvalue weighted by Crippen LogP contribution is 2.06. The minimum absolute atomic E-state index is 0.174. The average molecular weight is 308 g/mol. The van der Waals surface area contributed by atoms with E-state index in [0.717, 1.165) is 5.56 Å². The maximum Gasteiger partial charge on any atom is 0.408 e. The van der Waals surface area contributed by atoms with Gasteiger partial charge >= 0.3 is 6.09 Å². The van der Waals surface area contributed by atoms with Gasteiger partial charge in [0, 0.05) is 0 Å². The molecule has 0 saturated carbocycles. The van der Waals surface area contributed by atoms with Gasteiger partial charge in [0.1, 0.15) is 12.1 Å². The van der Waals surface area contributed by atoms with E-state index < -0.39 is 17.7 Å². The SMILES string of the molecule is CC(C)(C)OC(=O)NCC(=O)N[C@H](CO)Cc1ccccc1. The molecule has 0 fully saturated rings. The molecular formula is C16H24N2O4. The lowest BCUT2D eigenvalue weighted by Gasteiger charge is -2.20. The molecule has 0 radical (unpaired) electrons. The number of hydrogen-bond acceptors (Lipinski definition) is 4. The number of carbonyl (C=O) groups excluding carboxylic acids is 2. The van der Waals surface area contributed by atoms with Crippen molar-refractivity contribution in [1.29, 1.82) is 0 Å². The first-order valence-electron chi connectivity index (χ1n) is 7.21. The third-order valence-electron chi connectivity index (χ3n) is 2.70. The van der Waals surface area contributed by atoms with Crippen molar-refractivity contribution in [3.05, 3.63) is 35.9 Å². The zero-order valence-electron chi connectivity index (χ0n) is 13.3. The van der Waals surface area contributed by atoms with Crippen LogP contribution in [0, 0.1) is 0 Å². The predicted octanol–water partition coefficient (Wildman–Crippen LogP) is 1.23. The second-order valence-electron chi connectivity index (χ2n) is 5.99. The van der Waals surface area contributed by atoms with Gasteiger partial charge < -0.3 is 20.5 Å². The molecule has 0 spiro atoms. The van der Waals surface area contributed by atoms with E-state index in [2.05, 4.69) is 10.6 Å². The Bertz CT molecular complexity index is 483. The predicted molar refractivity (Wildman–Crippen MR) is 83.4 cm³/mol. The number of hydrogen-bond donors (Lipinski definition) is 3. The van der Waals surface area contributed by atoms with E-state index in [1.807, 2.05) is 30.3 Å². The van der Waals surface area contributed by atoms with Gasteiger partial charge in [0.15, 0.2) is 0 Å². The van der Waals surface area contributed by atoms with Crippen molar-refractivity contribution in [2.24, 2.45) is 0 Å². The van der Waals surface area contributed by atoms with Crippen molar-refractivity contribution in [1.82, 2.24) is 10.6 Å². The van der Waals surface area contributed by atoms with Gasteiger partial charge in [-0.2, -0.15) is 0 Å². The summed E-state index contributed by atoms with van der Waals surface area (Å²) in [4.78, 5) is 23.2. The van der Waals surface area contributed by atoms with Gasteiger partial charge in [-0.05, 0) is 32.8 Å². The van der Waals surface area contributed by atoms with E-state index in [1.165, 1.54) is 0 Å². The molecule has 0 aliphatic rings. The number of rotatable bonds is 6. The van der Waals surface area contributed by atoms with Crippen LogP contribution in [0.15, 0.2) is 30.3 Å². The highest BCUT2D eigenvalue weighted by molar-refractivity contribution is 5.82. The van der Waals surface area contributed by atoms with Crippen LogP contribution in [0.2, 0.25) is 0 Å². The Morgan fingerprint density at radius 2 is 1.86 bits per heavy atom. The molecule has 6 nitrogen and oxygen atoms in total. The smallest absolute Gasteiger partial charge is 0.408 e. The summed E-state index contributed by atoms with van der Waals surface area (Å²) in [5, 5.41) is 14.4. The largest absolute Gasteiger partial charge is 0.444 e. The zero-order valence-corrected chi connectivity index (χ0v) is 13.3. The van der Waals surface area contributed by atoms with E-state index >= 15 is 0 Å². The summed E-state index contributed by atoms with van der Waals surface area (Å²) in [6, 6.07) is 9.16. The van der Waals surface area contributed by atoms with Gasteiger partial charge in [0.05, 0.1) is 12.6 Å². The zero-order chi connectivity index (χ0) is 16.6. The molecule has 1 atom stereocenters. The average Bonchev–Trinajstić information content (AvgIpc) is 2.44. The van der Waals surface area contributed by atoms with Gasteiger partial charge in [0.25, 0.3) is 0 Å². The lowest BCUT2D eigenvalue weighted by Crippen LogP contribution is -2.45. The molecule has 1 aromatic carbocycles. The van der Waals surface area contributed by atoms with Crippen LogP contribution in [0.4, 0.5) is 4.79 Å². The van der Waals surface area contributed by atoms with E-state index in [1.54, 1.807) is 20.8 Å². The van der Waals surface area contributed by atoms with Crippen LogP contribution in [0.5, 0.6) is 0 Å². The molecule has 0 saturated heterocycles. The first-order chi connectivity index (χ1) is 10.3. The molecule has 0 aliphatic heterocycles. The first-order valence-corrected chi connectivity index (χ1v) is 7.21. The monoisotopic (exact) mass is 308 g/mol. The minimum atomic E-state index is -0.647. The third kappa shape index (κ3) is 7.64. The molecule has 0 unspecified atom stereocenters. The summed E-state index contributed by atoms with van der Waals surface area (Å²) in [6.45, 7) is 4.87. The van der Waals surface area contributed by atoms with Crippen LogP contribution < -0.4 is 10.6 Å². The molecule has 6 heteroatoms. The molecule has 0 heterocycles. The van der Waals surface area contributed by atoms with Gasteiger partial charge in [0.2, 0.25) is 5.91 Å². The van der Waals surface area contributed by atoms with Crippen LogP contribution in [-0.4, -0.2) is 41.9 Å². The molecule has 1 aromatic rings. The quantitative estimate of drug-likeness (QED) is 0.737. The summed E-state index contributed by atoms with van der Waals surface area (Å²) in [5.74, 6) is -0.374. The van der Waals surface area contributed by atoms with Crippen LogP contribution >= 0.6 is 0 Å². The summed E-state index contributed by atoms with van der Waals surface area (Å²) in [5.41, 5.74) is 0.406. The van der Waals surface area contributed by atoms with Gasteiger partial charge in [-0.25, -0.2) is 4.79 Å². The van der Waals surface area contributed by atoms with E-state index in [0.29, 0.717) is 6.42 Å². The van der Waals surface area contributed by atoms with Crippen molar-refractivity contribution in [3.8, 4) is 0 Å². The van der Waals surface area contributed by atoms with Crippen molar-refractivity contribution in [2.45, 2.75) is 38.8 Å².